The highest BCUT2D eigenvalue weighted by atomic mass is 32.2. The van der Waals surface area contributed by atoms with Crippen molar-refractivity contribution in [2.75, 3.05) is 5.75 Å². The van der Waals surface area contributed by atoms with E-state index in [4.69, 9.17) is 0 Å². The van der Waals surface area contributed by atoms with Gasteiger partial charge in [0.25, 0.3) is 0 Å². The van der Waals surface area contributed by atoms with Crippen LogP contribution in [0.15, 0.2) is 0 Å². The van der Waals surface area contributed by atoms with Gasteiger partial charge in [-0.3, -0.25) is 0 Å². The maximum atomic E-state index is 2.30. The lowest BCUT2D eigenvalue weighted by atomic mass is 9.51. The van der Waals surface area contributed by atoms with E-state index in [-0.39, 0.29) is 0 Å². The average molecular weight is 128 g/mol. The summed E-state index contributed by atoms with van der Waals surface area (Å²) < 4.78 is 0. The summed E-state index contributed by atoms with van der Waals surface area (Å²) in [6.45, 7) is 5.51. The van der Waals surface area contributed by atoms with E-state index in [1.165, 1.54) is 18.5 Å². The summed E-state index contributed by atoms with van der Waals surface area (Å²) in [5.41, 5.74) is 0. The Bertz CT molecular complexity index is 66.9. The minimum Gasteiger partial charge on any atom is -0.157 e. The standard InChI is InChI=1S/C6H13BS/c1-7(2)4-3-6-5-8-6/h6H,3-5H2,1-2H3. The molecule has 1 heterocycles. The number of hydrogen-bond acceptors (Lipinski definition) is 1. The predicted octanol–water partition coefficient (Wildman–Crippen LogP) is 2.25. The van der Waals surface area contributed by atoms with E-state index >= 15 is 0 Å². The molecule has 0 amide bonds. The Morgan fingerprint density at radius 2 is 2.25 bits per heavy atom. The fourth-order valence-electron chi connectivity index (χ4n) is 0.754. The van der Waals surface area contributed by atoms with Crippen LogP contribution < -0.4 is 0 Å². The molecule has 1 unspecified atom stereocenters. The second kappa shape index (κ2) is 2.81. The first-order valence-electron chi connectivity index (χ1n) is 3.40. The van der Waals surface area contributed by atoms with Crippen LogP contribution in [-0.4, -0.2) is 17.7 Å². The molecule has 1 rings (SSSR count). The maximum Gasteiger partial charge on any atom is 0.133 e. The molecule has 1 aliphatic rings. The molecule has 0 aromatic heterocycles. The summed E-state index contributed by atoms with van der Waals surface area (Å²) in [5, 5.41) is 1.05. The van der Waals surface area contributed by atoms with Crippen molar-refractivity contribution >= 4 is 18.5 Å². The molecule has 1 saturated heterocycles. The lowest BCUT2D eigenvalue weighted by Crippen LogP contribution is -1.99. The van der Waals surface area contributed by atoms with Gasteiger partial charge in [-0.15, -0.1) is 0 Å². The van der Waals surface area contributed by atoms with Gasteiger partial charge < -0.3 is 0 Å². The van der Waals surface area contributed by atoms with Gasteiger partial charge in [-0.05, 0) is 6.42 Å². The Morgan fingerprint density at radius 3 is 2.62 bits per heavy atom. The van der Waals surface area contributed by atoms with Crippen LogP contribution in [0.4, 0.5) is 0 Å². The molecule has 0 N–H and O–H groups in total. The van der Waals surface area contributed by atoms with Crippen LogP contribution in [-0.2, 0) is 0 Å². The Morgan fingerprint density at radius 1 is 1.62 bits per heavy atom. The molecule has 0 radical (unpaired) electrons. The Kier molecular flexibility index (Phi) is 2.30. The SMILES string of the molecule is CB(C)CCC1CS1. The van der Waals surface area contributed by atoms with Crippen molar-refractivity contribution in [3.63, 3.8) is 0 Å². The number of thioether (sulfide) groups is 1. The van der Waals surface area contributed by atoms with Gasteiger partial charge in [-0.1, -0.05) is 20.0 Å². The van der Waals surface area contributed by atoms with E-state index in [1.54, 1.807) is 0 Å². The van der Waals surface area contributed by atoms with Gasteiger partial charge in [0.05, 0.1) is 0 Å². The molecule has 1 fully saturated rings. The first kappa shape index (κ1) is 6.53. The zero-order chi connectivity index (χ0) is 5.98. The van der Waals surface area contributed by atoms with E-state index in [0.29, 0.717) is 0 Å². The molecule has 0 aromatic carbocycles. The lowest BCUT2D eigenvalue weighted by Gasteiger charge is -1.95. The van der Waals surface area contributed by atoms with E-state index < -0.39 is 0 Å². The smallest absolute Gasteiger partial charge is 0.133 e. The van der Waals surface area contributed by atoms with Gasteiger partial charge in [-0.25, -0.2) is 0 Å². The van der Waals surface area contributed by atoms with Crippen LogP contribution in [0.25, 0.3) is 0 Å². The molecular weight excluding hydrogens is 115 g/mol. The first-order valence-corrected chi connectivity index (χ1v) is 4.45. The van der Waals surface area contributed by atoms with Gasteiger partial charge in [0.1, 0.15) is 6.71 Å². The summed E-state index contributed by atoms with van der Waals surface area (Å²) in [7, 11) is 0. The summed E-state index contributed by atoms with van der Waals surface area (Å²) in [5.74, 6) is 1.44. The average Bonchev–Trinajstić information content (AvgIpc) is 2.41. The lowest BCUT2D eigenvalue weighted by molar-refractivity contribution is 0.965. The minimum atomic E-state index is 0.913. The fraction of sp³-hybridized carbons (Fsp3) is 1.00. The highest BCUT2D eigenvalue weighted by Gasteiger charge is 2.21. The minimum absolute atomic E-state index is 0.913. The zero-order valence-corrected chi connectivity index (χ0v) is 6.50. The van der Waals surface area contributed by atoms with Gasteiger partial charge in [-0.2, -0.15) is 11.8 Å². The molecule has 1 atom stereocenters. The fourth-order valence-corrected chi connectivity index (χ4v) is 1.36. The van der Waals surface area contributed by atoms with Crippen LogP contribution >= 0.6 is 11.8 Å². The van der Waals surface area contributed by atoms with Crippen molar-refractivity contribution in [3.8, 4) is 0 Å². The maximum absolute atomic E-state index is 2.30. The molecule has 0 aliphatic carbocycles. The summed E-state index contributed by atoms with van der Waals surface area (Å²) >= 11 is 2.11. The van der Waals surface area contributed by atoms with Crippen molar-refractivity contribution in [1.29, 1.82) is 0 Å². The van der Waals surface area contributed by atoms with E-state index in [2.05, 4.69) is 25.4 Å². The van der Waals surface area contributed by atoms with Crippen LogP contribution in [0.5, 0.6) is 0 Å². The molecule has 0 spiro atoms. The van der Waals surface area contributed by atoms with Crippen molar-refractivity contribution in [2.45, 2.75) is 31.6 Å². The molecule has 0 saturated carbocycles. The number of rotatable bonds is 3. The van der Waals surface area contributed by atoms with Gasteiger partial charge in [0, 0.05) is 11.0 Å². The molecule has 0 bridgehead atoms. The van der Waals surface area contributed by atoms with Gasteiger partial charge in [0.2, 0.25) is 0 Å². The van der Waals surface area contributed by atoms with Crippen LogP contribution in [0, 0.1) is 0 Å². The monoisotopic (exact) mass is 128 g/mol. The molecule has 2 heteroatoms. The van der Waals surface area contributed by atoms with Crippen LogP contribution in [0.1, 0.15) is 6.42 Å². The van der Waals surface area contributed by atoms with Crippen molar-refractivity contribution < 1.29 is 0 Å². The van der Waals surface area contributed by atoms with Crippen LogP contribution in [0.3, 0.4) is 0 Å². The van der Waals surface area contributed by atoms with Gasteiger partial charge >= 0.3 is 0 Å². The highest BCUT2D eigenvalue weighted by molar-refractivity contribution is 8.06. The zero-order valence-electron chi connectivity index (χ0n) is 5.68. The normalized spacial score (nSPS) is 25.5. The summed E-state index contributed by atoms with van der Waals surface area (Å²) in [6, 6.07) is 0. The first-order chi connectivity index (χ1) is 3.79. The largest absolute Gasteiger partial charge is 0.157 e. The van der Waals surface area contributed by atoms with E-state index in [9.17, 15) is 0 Å². The van der Waals surface area contributed by atoms with Gasteiger partial charge in [0.15, 0.2) is 0 Å². The molecule has 0 nitrogen and oxygen atoms in total. The summed E-state index contributed by atoms with van der Waals surface area (Å²) in [6.07, 6.45) is 2.89. The second-order valence-electron chi connectivity index (χ2n) is 2.93. The van der Waals surface area contributed by atoms with E-state index in [1.807, 2.05) is 0 Å². The molecular formula is C6H13BS. The second-order valence-corrected chi connectivity index (χ2v) is 4.26. The molecule has 0 aromatic rings. The van der Waals surface area contributed by atoms with Crippen LogP contribution in [0.2, 0.25) is 20.0 Å². The number of hydrogen-bond donors (Lipinski definition) is 0. The Labute approximate surface area is 56.5 Å². The Hall–Kier alpha value is 0.415. The molecule has 46 valence electrons. The third-order valence-electron chi connectivity index (χ3n) is 1.47. The Balaban J connectivity index is 1.87. The van der Waals surface area contributed by atoms with Crippen molar-refractivity contribution in [1.82, 2.24) is 0 Å². The van der Waals surface area contributed by atoms with Crippen molar-refractivity contribution in [2.24, 2.45) is 0 Å². The quantitative estimate of drug-likeness (QED) is 0.415. The topological polar surface area (TPSA) is 0 Å². The third-order valence-corrected chi connectivity index (χ3v) is 2.51. The summed E-state index contributed by atoms with van der Waals surface area (Å²) in [4.78, 5) is 0. The molecule has 1 aliphatic heterocycles. The van der Waals surface area contributed by atoms with Crippen molar-refractivity contribution in [3.05, 3.63) is 0 Å². The highest BCUT2D eigenvalue weighted by Crippen LogP contribution is 2.34. The molecule has 8 heavy (non-hydrogen) atoms. The predicted molar refractivity (Wildman–Crippen MR) is 43.2 cm³/mol. The third kappa shape index (κ3) is 2.66. The van der Waals surface area contributed by atoms with E-state index in [0.717, 1.165) is 12.0 Å².